The van der Waals surface area contributed by atoms with Crippen LogP contribution < -0.4 is 5.73 Å². The van der Waals surface area contributed by atoms with E-state index in [0.29, 0.717) is 17.6 Å². The van der Waals surface area contributed by atoms with Crippen LogP contribution in [0.2, 0.25) is 10.4 Å². The van der Waals surface area contributed by atoms with E-state index in [1.54, 1.807) is 4.57 Å². The van der Waals surface area contributed by atoms with E-state index in [2.05, 4.69) is 15.0 Å². The quantitative estimate of drug-likeness (QED) is 0.510. The third-order valence-electron chi connectivity index (χ3n) is 3.41. The van der Waals surface area contributed by atoms with Crippen LogP contribution in [0.3, 0.4) is 0 Å². The Bertz CT molecular complexity index is 634. The molecule has 1 aliphatic carbocycles. The molecule has 2 unspecified atom stereocenters. The monoisotopic (exact) mass is 303 g/mol. The fourth-order valence-electron chi connectivity index (χ4n) is 2.42. The first kappa shape index (κ1) is 13.0. The van der Waals surface area contributed by atoms with Crippen LogP contribution in [0.1, 0.15) is 12.5 Å². The maximum absolute atomic E-state index is 10.0. The summed E-state index contributed by atoms with van der Waals surface area (Å²) in [5, 5.41) is 19.9. The molecule has 0 spiro atoms. The summed E-state index contributed by atoms with van der Waals surface area (Å²) in [5.74, 6) is 0. The van der Waals surface area contributed by atoms with Crippen molar-refractivity contribution in [2.24, 2.45) is 5.73 Å². The molecule has 4 atom stereocenters. The smallest absolute Gasteiger partial charge is 0.225 e. The number of halogens is 2. The van der Waals surface area contributed by atoms with Crippen molar-refractivity contribution in [1.29, 1.82) is 0 Å². The molecular formula is C10H11Cl2N5O2. The number of aromatic nitrogens is 4. The Kier molecular flexibility index (Phi) is 3.11. The second-order valence-corrected chi connectivity index (χ2v) is 5.25. The van der Waals surface area contributed by atoms with E-state index in [-0.39, 0.29) is 10.4 Å². The molecule has 19 heavy (non-hydrogen) atoms. The molecule has 4 N–H and O–H groups in total. The highest BCUT2D eigenvalue weighted by molar-refractivity contribution is 6.35. The summed E-state index contributed by atoms with van der Waals surface area (Å²) >= 11 is 11.7. The lowest BCUT2D eigenvalue weighted by atomic mass is 10.2. The Hall–Kier alpha value is -0.990. The van der Waals surface area contributed by atoms with Crippen LogP contribution in [0.25, 0.3) is 11.2 Å². The Morgan fingerprint density at radius 3 is 2.63 bits per heavy atom. The molecule has 9 heteroatoms. The summed E-state index contributed by atoms with van der Waals surface area (Å²) < 4.78 is 1.62. The third-order valence-corrected chi connectivity index (χ3v) is 3.84. The highest BCUT2D eigenvalue weighted by Gasteiger charge is 2.41. The lowest BCUT2D eigenvalue weighted by Gasteiger charge is -2.17. The van der Waals surface area contributed by atoms with Crippen molar-refractivity contribution < 1.29 is 10.2 Å². The number of imidazole rings is 1. The second-order valence-electron chi connectivity index (χ2n) is 4.56. The number of aliphatic hydroxyl groups excluding tert-OH is 2. The number of aliphatic hydroxyl groups is 2. The van der Waals surface area contributed by atoms with Crippen molar-refractivity contribution >= 4 is 34.4 Å². The van der Waals surface area contributed by atoms with Gasteiger partial charge in [-0.15, -0.1) is 0 Å². The minimum atomic E-state index is -0.986. The van der Waals surface area contributed by atoms with E-state index < -0.39 is 24.3 Å². The standard InChI is InChI=1S/C10H11Cl2N5O2/c11-8-5-9(16-10(12)15-8)17(2-14-5)4-1-3(13)6(18)7(4)19/h2-4,6-7,18-19H,1,13H2/t3?,4?,6-,7+/m1/s1. The third kappa shape index (κ3) is 1.98. The van der Waals surface area contributed by atoms with Crippen molar-refractivity contribution in [2.75, 3.05) is 0 Å². The second kappa shape index (κ2) is 4.53. The summed E-state index contributed by atoms with van der Waals surface area (Å²) in [6.07, 6.45) is -0.0668. The van der Waals surface area contributed by atoms with Gasteiger partial charge in [0.05, 0.1) is 18.5 Å². The molecule has 3 rings (SSSR count). The Balaban J connectivity index is 2.11. The van der Waals surface area contributed by atoms with Gasteiger partial charge in [0.25, 0.3) is 0 Å². The van der Waals surface area contributed by atoms with Crippen LogP contribution in [0.15, 0.2) is 6.33 Å². The van der Waals surface area contributed by atoms with E-state index in [9.17, 15) is 10.2 Å². The van der Waals surface area contributed by atoms with Gasteiger partial charge in [0.1, 0.15) is 11.6 Å². The SMILES string of the molecule is NC1CC(n2cnc3c(Cl)nc(Cl)nc32)[C@H](O)[C@@H]1O. The van der Waals surface area contributed by atoms with Gasteiger partial charge in [0.15, 0.2) is 10.8 Å². The average Bonchev–Trinajstić information content (AvgIpc) is 2.86. The number of rotatable bonds is 1. The van der Waals surface area contributed by atoms with Crippen molar-refractivity contribution in [2.45, 2.75) is 30.7 Å². The zero-order chi connectivity index (χ0) is 13.7. The van der Waals surface area contributed by atoms with Crippen LogP contribution in [0, 0.1) is 0 Å². The van der Waals surface area contributed by atoms with Crippen LogP contribution in [-0.2, 0) is 0 Å². The van der Waals surface area contributed by atoms with E-state index in [1.165, 1.54) is 6.33 Å². The van der Waals surface area contributed by atoms with Gasteiger partial charge in [-0.25, -0.2) is 9.97 Å². The first-order chi connectivity index (χ1) is 8.99. The van der Waals surface area contributed by atoms with Crippen LogP contribution in [0.5, 0.6) is 0 Å². The fourth-order valence-corrected chi connectivity index (χ4v) is 2.84. The lowest BCUT2D eigenvalue weighted by Crippen LogP contribution is -2.35. The van der Waals surface area contributed by atoms with Crippen molar-refractivity contribution in [1.82, 2.24) is 19.5 Å². The molecule has 0 saturated heterocycles. The molecule has 0 amide bonds. The molecule has 7 nitrogen and oxygen atoms in total. The number of hydrogen-bond donors (Lipinski definition) is 3. The van der Waals surface area contributed by atoms with Crippen LogP contribution in [0.4, 0.5) is 0 Å². The number of fused-ring (bicyclic) bond motifs is 1. The summed E-state index contributed by atoms with van der Waals surface area (Å²) in [7, 11) is 0. The topological polar surface area (TPSA) is 110 Å². The van der Waals surface area contributed by atoms with Gasteiger partial charge in [-0.1, -0.05) is 11.6 Å². The highest BCUT2D eigenvalue weighted by Crippen LogP contribution is 2.33. The van der Waals surface area contributed by atoms with E-state index >= 15 is 0 Å². The van der Waals surface area contributed by atoms with Crippen molar-refractivity contribution in [3.63, 3.8) is 0 Å². The molecular weight excluding hydrogens is 293 g/mol. The number of nitrogens with zero attached hydrogens (tertiary/aromatic N) is 4. The molecule has 1 aliphatic rings. The highest BCUT2D eigenvalue weighted by atomic mass is 35.5. The van der Waals surface area contributed by atoms with E-state index in [0.717, 1.165) is 0 Å². The largest absolute Gasteiger partial charge is 0.389 e. The molecule has 0 aromatic carbocycles. The summed E-state index contributed by atoms with van der Waals surface area (Å²) in [4.78, 5) is 12.0. The van der Waals surface area contributed by atoms with Crippen LogP contribution >= 0.6 is 23.2 Å². The predicted octanol–water partition coefficient (Wildman–Crippen LogP) is 0.127. The predicted molar refractivity (Wildman–Crippen MR) is 69.0 cm³/mol. The molecule has 0 aliphatic heterocycles. The van der Waals surface area contributed by atoms with Gasteiger partial charge in [0.2, 0.25) is 5.28 Å². The van der Waals surface area contributed by atoms with E-state index in [1.807, 2.05) is 0 Å². The molecule has 0 radical (unpaired) electrons. The van der Waals surface area contributed by atoms with Gasteiger partial charge < -0.3 is 20.5 Å². The van der Waals surface area contributed by atoms with Crippen molar-refractivity contribution in [3.8, 4) is 0 Å². The maximum Gasteiger partial charge on any atom is 0.225 e. The van der Waals surface area contributed by atoms with Gasteiger partial charge >= 0.3 is 0 Å². The zero-order valence-electron chi connectivity index (χ0n) is 9.61. The lowest BCUT2D eigenvalue weighted by molar-refractivity contribution is 0.0187. The average molecular weight is 304 g/mol. The molecule has 2 aromatic rings. The van der Waals surface area contributed by atoms with Crippen LogP contribution in [-0.4, -0.2) is 48.0 Å². The fraction of sp³-hybridized carbons (Fsp3) is 0.500. The number of nitrogens with two attached hydrogens (primary N) is 1. The first-order valence-electron chi connectivity index (χ1n) is 5.66. The van der Waals surface area contributed by atoms with Gasteiger partial charge in [0, 0.05) is 6.04 Å². The first-order valence-corrected chi connectivity index (χ1v) is 6.42. The van der Waals surface area contributed by atoms with Crippen molar-refractivity contribution in [3.05, 3.63) is 16.8 Å². The molecule has 0 bridgehead atoms. The zero-order valence-corrected chi connectivity index (χ0v) is 11.1. The maximum atomic E-state index is 10.0. The Labute approximate surface area is 118 Å². The molecule has 2 aromatic heterocycles. The van der Waals surface area contributed by atoms with Gasteiger partial charge in [-0.3, -0.25) is 0 Å². The Morgan fingerprint density at radius 2 is 2.00 bits per heavy atom. The molecule has 1 fully saturated rings. The van der Waals surface area contributed by atoms with E-state index in [4.69, 9.17) is 28.9 Å². The number of hydrogen-bond acceptors (Lipinski definition) is 6. The summed E-state index contributed by atoms with van der Waals surface area (Å²) in [6.45, 7) is 0. The molecule has 2 heterocycles. The summed E-state index contributed by atoms with van der Waals surface area (Å²) in [5.41, 5.74) is 6.55. The van der Waals surface area contributed by atoms with Gasteiger partial charge in [-0.05, 0) is 18.0 Å². The molecule has 1 saturated carbocycles. The Morgan fingerprint density at radius 1 is 1.26 bits per heavy atom. The normalized spacial score (nSPS) is 31.2. The minimum absolute atomic E-state index is 0.00316. The minimum Gasteiger partial charge on any atom is -0.389 e. The van der Waals surface area contributed by atoms with Gasteiger partial charge in [-0.2, -0.15) is 4.98 Å². The summed E-state index contributed by atoms with van der Waals surface area (Å²) in [6, 6.07) is -0.915. The molecule has 102 valence electrons.